The van der Waals surface area contributed by atoms with E-state index in [0.29, 0.717) is 5.57 Å². The van der Waals surface area contributed by atoms with E-state index in [0.717, 1.165) is 11.1 Å². The molecule has 0 saturated heterocycles. The van der Waals surface area contributed by atoms with Gasteiger partial charge in [0.25, 0.3) is 0 Å². The number of Topliss-reactive ketones (excluding diaryl/α,β-unsaturated/α-hetero) is 1. The molecule has 0 atom stereocenters. The Morgan fingerprint density at radius 3 is 1.90 bits per heavy atom. The Morgan fingerprint density at radius 1 is 0.810 bits per heavy atom. The zero-order valence-electron chi connectivity index (χ0n) is 13.4. The van der Waals surface area contributed by atoms with Crippen LogP contribution in [0.1, 0.15) is 40.2 Å². The van der Waals surface area contributed by atoms with E-state index in [-0.39, 0.29) is 16.6 Å². The summed E-state index contributed by atoms with van der Waals surface area (Å²) in [6, 6.07) is 10.0. The molecule has 1 aliphatic rings. The Hall–Kier alpha value is -1.96. The third-order valence-electron chi connectivity index (χ3n) is 4.08. The van der Waals surface area contributed by atoms with Crippen LogP contribution in [0.15, 0.2) is 53.6 Å². The fourth-order valence-electron chi connectivity index (χ4n) is 2.54. The van der Waals surface area contributed by atoms with E-state index in [1.807, 2.05) is 57.2 Å². The first kappa shape index (κ1) is 15.4. The van der Waals surface area contributed by atoms with E-state index in [1.54, 1.807) is 0 Å². The van der Waals surface area contributed by atoms with Gasteiger partial charge in [0.1, 0.15) is 0 Å². The molecule has 0 fully saturated rings. The molecule has 0 unspecified atom stereocenters. The third-order valence-corrected chi connectivity index (χ3v) is 4.08. The van der Waals surface area contributed by atoms with Crippen LogP contribution in [0.5, 0.6) is 0 Å². The number of ketones is 2. The molecule has 0 bridgehead atoms. The molecule has 1 aliphatic carbocycles. The Morgan fingerprint density at radius 2 is 1.38 bits per heavy atom. The van der Waals surface area contributed by atoms with E-state index in [2.05, 4.69) is 13.8 Å². The largest absolute Gasteiger partial charge is 0.286 e. The fraction of sp³-hybridized carbons (Fsp3) is 0.368. The Bertz CT molecular complexity index is 638. The molecule has 2 nitrogen and oxygen atoms in total. The SMILES string of the molecule is CC(C)(C)C1=CC(C(C)(C)c2ccccc2)=CC(=O)C1=O. The topological polar surface area (TPSA) is 34.1 Å². The summed E-state index contributed by atoms with van der Waals surface area (Å²) in [6.07, 6.45) is 3.39. The van der Waals surface area contributed by atoms with Crippen LogP contribution in [0.3, 0.4) is 0 Å². The maximum absolute atomic E-state index is 12.1. The van der Waals surface area contributed by atoms with E-state index in [4.69, 9.17) is 0 Å². The minimum absolute atomic E-state index is 0.311. The molecule has 110 valence electrons. The van der Waals surface area contributed by atoms with Gasteiger partial charge >= 0.3 is 0 Å². The number of carbonyl (C=O) groups is 2. The monoisotopic (exact) mass is 282 g/mol. The predicted molar refractivity (Wildman–Crippen MR) is 85.1 cm³/mol. The van der Waals surface area contributed by atoms with Crippen molar-refractivity contribution < 1.29 is 9.59 Å². The van der Waals surface area contributed by atoms with Crippen molar-refractivity contribution in [1.82, 2.24) is 0 Å². The summed E-state index contributed by atoms with van der Waals surface area (Å²) in [5.41, 5.74) is 1.97. The first-order valence-corrected chi connectivity index (χ1v) is 7.22. The number of hydrogen-bond acceptors (Lipinski definition) is 2. The Labute approximate surface area is 126 Å². The van der Waals surface area contributed by atoms with Gasteiger partial charge in [0.05, 0.1) is 0 Å². The quantitative estimate of drug-likeness (QED) is 0.606. The summed E-state index contributed by atoms with van der Waals surface area (Å²) in [6.45, 7) is 10.0. The second-order valence-electron chi connectivity index (χ2n) is 7.09. The van der Waals surface area contributed by atoms with Gasteiger partial charge in [-0.15, -0.1) is 0 Å². The van der Waals surface area contributed by atoms with Gasteiger partial charge in [-0.3, -0.25) is 9.59 Å². The minimum Gasteiger partial charge on any atom is -0.286 e. The first-order valence-electron chi connectivity index (χ1n) is 7.22. The molecule has 0 aromatic heterocycles. The van der Waals surface area contributed by atoms with Crippen molar-refractivity contribution in [2.45, 2.75) is 40.0 Å². The zero-order chi connectivity index (χ0) is 15.8. The van der Waals surface area contributed by atoms with Crippen molar-refractivity contribution in [1.29, 1.82) is 0 Å². The van der Waals surface area contributed by atoms with E-state index in [1.165, 1.54) is 6.08 Å². The molecule has 1 aromatic carbocycles. The molecular formula is C19H22O2. The van der Waals surface area contributed by atoms with Gasteiger partial charge in [-0.05, 0) is 22.6 Å². The molecule has 0 saturated carbocycles. The van der Waals surface area contributed by atoms with Crippen LogP contribution in [-0.2, 0) is 15.0 Å². The number of hydrogen-bond donors (Lipinski definition) is 0. The van der Waals surface area contributed by atoms with Gasteiger partial charge in [0, 0.05) is 11.0 Å². The van der Waals surface area contributed by atoms with Crippen molar-refractivity contribution in [3.63, 3.8) is 0 Å². The fourth-order valence-corrected chi connectivity index (χ4v) is 2.54. The lowest BCUT2D eigenvalue weighted by molar-refractivity contribution is -0.132. The van der Waals surface area contributed by atoms with Crippen LogP contribution >= 0.6 is 0 Å². The molecule has 0 spiro atoms. The summed E-state index contributed by atoms with van der Waals surface area (Å²) in [4.78, 5) is 24.2. The predicted octanol–water partition coefficient (Wildman–Crippen LogP) is 4.01. The molecule has 21 heavy (non-hydrogen) atoms. The van der Waals surface area contributed by atoms with Gasteiger partial charge < -0.3 is 0 Å². The second kappa shape index (κ2) is 5.10. The van der Waals surface area contributed by atoms with Gasteiger partial charge in [-0.25, -0.2) is 0 Å². The standard InChI is InChI=1S/C19H22O2/c1-18(2,3)15-11-14(12-16(20)17(15)21)19(4,5)13-9-7-6-8-10-13/h6-12H,1-5H3. The van der Waals surface area contributed by atoms with Crippen LogP contribution in [0.25, 0.3) is 0 Å². The number of allylic oxidation sites excluding steroid dienone is 4. The second-order valence-corrected chi connectivity index (χ2v) is 7.09. The number of carbonyl (C=O) groups excluding carboxylic acids is 2. The molecule has 0 aliphatic heterocycles. The van der Waals surface area contributed by atoms with Crippen molar-refractivity contribution >= 4 is 11.6 Å². The third kappa shape index (κ3) is 2.90. The maximum atomic E-state index is 12.1. The van der Waals surface area contributed by atoms with Crippen molar-refractivity contribution in [3.05, 3.63) is 59.2 Å². The lowest BCUT2D eigenvalue weighted by Gasteiger charge is -2.31. The molecule has 0 N–H and O–H groups in total. The average Bonchev–Trinajstić information content (AvgIpc) is 2.41. The van der Waals surface area contributed by atoms with Gasteiger partial charge in [0.15, 0.2) is 0 Å². The summed E-state index contributed by atoms with van der Waals surface area (Å²) in [5.74, 6) is -0.795. The van der Waals surface area contributed by atoms with Crippen molar-refractivity contribution in [3.8, 4) is 0 Å². The van der Waals surface area contributed by atoms with Crippen LogP contribution in [0.4, 0.5) is 0 Å². The van der Waals surface area contributed by atoms with Crippen molar-refractivity contribution in [2.24, 2.45) is 5.41 Å². The van der Waals surface area contributed by atoms with Gasteiger partial charge in [0.2, 0.25) is 11.6 Å². The van der Waals surface area contributed by atoms with Crippen LogP contribution in [0, 0.1) is 5.41 Å². The summed E-state index contributed by atoms with van der Waals surface area (Å²) in [5, 5.41) is 0. The summed E-state index contributed by atoms with van der Waals surface area (Å²) >= 11 is 0. The van der Waals surface area contributed by atoms with E-state index >= 15 is 0 Å². The molecular weight excluding hydrogens is 260 g/mol. The van der Waals surface area contributed by atoms with E-state index < -0.39 is 5.78 Å². The first-order chi connectivity index (χ1) is 9.64. The maximum Gasteiger partial charge on any atom is 0.229 e. The molecule has 2 heteroatoms. The highest BCUT2D eigenvalue weighted by atomic mass is 16.2. The highest BCUT2D eigenvalue weighted by Gasteiger charge is 2.35. The molecule has 2 rings (SSSR count). The Kier molecular flexibility index (Phi) is 3.75. The lowest BCUT2D eigenvalue weighted by Crippen LogP contribution is -2.31. The minimum atomic E-state index is -0.415. The Balaban J connectivity index is 2.54. The van der Waals surface area contributed by atoms with Crippen LogP contribution in [-0.4, -0.2) is 11.6 Å². The highest BCUT2D eigenvalue weighted by Crippen LogP contribution is 2.38. The number of benzene rings is 1. The number of rotatable bonds is 2. The van der Waals surface area contributed by atoms with Crippen molar-refractivity contribution in [2.75, 3.05) is 0 Å². The molecule has 1 aromatic rings. The van der Waals surface area contributed by atoms with E-state index in [9.17, 15) is 9.59 Å². The average molecular weight is 282 g/mol. The smallest absolute Gasteiger partial charge is 0.229 e. The molecule has 0 radical (unpaired) electrons. The zero-order valence-corrected chi connectivity index (χ0v) is 13.4. The molecule has 0 amide bonds. The molecule has 0 heterocycles. The van der Waals surface area contributed by atoms with Crippen LogP contribution < -0.4 is 0 Å². The highest BCUT2D eigenvalue weighted by molar-refractivity contribution is 6.48. The summed E-state index contributed by atoms with van der Waals surface area (Å²) in [7, 11) is 0. The van der Waals surface area contributed by atoms with Crippen LogP contribution in [0.2, 0.25) is 0 Å². The van der Waals surface area contributed by atoms with Gasteiger partial charge in [-0.2, -0.15) is 0 Å². The normalized spacial score (nSPS) is 16.6. The van der Waals surface area contributed by atoms with Gasteiger partial charge in [-0.1, -0.05) is 71.0 Å². The lowest BCUT2D eigenvalue weighted by atomic mass is 9.71. The summed E-state index contributed by atoms with van der Waals surface area (Å²) < 4.78 is 0.